The van der Waals surface area contributed by atoms with Gasteiger partial charge in [0.25, 0.3) is 0 Å². The second-order valence-corrected chi connectivity index (χ2v) is 13.0. The Labute approximate surface area is 297 Å². The number of phosphoric ester groups is 1. The van der Waals surface area contributed by atoms with Crippen LogP contribution in [0.25, 0.3) is 0 Å². The fourth-order valence-corrected chi connectivity index (χ4v) is 5.06. The summed E-state index contributed by atoms with van der Waals surface area (Å²) < 4.78 is 32.3. The number of hydrogen-bond donors (Lipinski definition) is 1. The summed E-state index contributed by atoms with van der Waals surface area (Å²) in [5.41, 5.74) is 0. The summed E-state index contributed by atoms with van der Waals surface area (Å²) in [5, 5.41) is 0. The van der Waals surface area contributed by atoms with E-state index in [1.807, 2.05) is 12.2 Å². The van der Waals surface area contributed by atoms with Crippen molar-refractivity contribution < 1.29 is 37.6 Å². The van der Waals surface area contributed by atoms with Gasteiger partial charge in [-0.3, -0.25) is 18.6 Å². The molecule has 0 heterocycles. The van der Waals surface area contributed by atoms with Crippen LogP contribution in [-0.2, 0) is 32.7 Å². The maximum Gasteiger partial charge on any atom is 0.472 e. The van der Waals surface area contributed by atoms with E-state index in [0.29, 0.717) is 12.8 Å². The number of allylic oxidation sites excluding steroid dienone is 14. The Balaban J connectivity index is 4.33. The lowest BCUT2D eigenvalue weighted by atomic mass is 10.1. The molecule has 49 heavy (non-hydrogen) atoms. The third-order valence-electron chi connectivity index (χ3n) is 6.93. The molecule has 0 saturated heterocycles. The van der Waals surface area contributed by atoms with Crippen molar-refractivity contribution in [3.8, 4) is 0 Å². The van der Waals surface area contributed by atoms with Gasteiger partial charge in [-0.1, -0.05) is 125 Å². The van der Waals surface area contributed by atoms with Crippen LogP contribution in [0.1, 0.15) is 130 Å². The molecule has 0 aliphatic carbocycles. The highest BCUT2D eigenvalue weighted by atomic mass is 31.2. The molecule has 0 rings (SSSR count). The zero-order chi connectivity index (χ0) is 36.1. The lowest BCUT2D eigenvalue weighted by Crippen LogP contribution is -2.29. The minimum absolute atomic E-state index is 0.0191. The molecule has 0 aromatic heterocycles. The minimum Gasteiger partial charge on any atom is -0.462 e. The molecule has 0 fully saturated rings. The van der Waals surface area contributed by atoms with Crippen LogP contribution < -0.4 is 0 Å². The summed E-state index contributed by atoms with van der Waals surface area (Å²) in [6.45, 7) is 5.15. The fourth-order valence-electron chi connectivity index (χ4n) is 4.30. The molecular formula is C40H65O8P. The van der Waals surface area contributed by atoms with E-state index in [1.165, 1.54) is 6.42 Å². The second-order valence-electron chi connectivity index (χ2n) is 11.5. The standard InChI is InChI=1S/C40H65O8P/c1-4-7-9-11-13-15-17-18-19-20-21-22-23-24-25-27-29-31-33-35-40(42)48-38(37-47-49(43,44)46-6-3)36-45-39(41)34-32-30-28-26-16-14-12-10-8-5-2/h7,9-10,12-13,15,18-19,21-22,24-25,29,31,38H,4-6,8,11,14,16-17,20,23,26-28,30,32-37H2,1-3H3,(H,43,44)/b9-7-,12-10-,15-13-,19-18-,22-21-,25-24-,31-29-. The first kappa shape index (κ1) is 46.2. The Morgan fingerprint density at radius 1 is 0.571 bits per heavy atom. The predicted octanol–water partition coefficient (Wildman–Crippen LogP) is 11.2. The highest BCUT2D eigenvalue weighted by molar-refractivity contribution is 7.47. The average molecular weight is 705 g/mol. The summed E-state index contributed by atoms with van der Waals surface area (Å²) in [6, 6.07) is 0. The molecule has 0 saturated carbocycles. The molecule has 8 nitrogen and oxygen atoms in total. The van der Waals surface area contributed by atoms with Gasteiger partial charge in [-0.25, -0.2) is 4.57 Å². The van der Waals surface area contributed by atoms with Gasteiger partial charge in [-0.05, 0) is 77.6 Å². The van der Waals surface area contributed by atoms with Crippen LogP contribution >= 0.6 is 7.82 Å². The Bertz CT molecular complexity index is 1070. The molecule has 0 aromatic carbocycles. The minimum atomic E-state index is -4.30. The molecule has 2 unspecified atom stereocenters. The van der Waals surface area contributed by atoms with Gasteiger partial charge >= 0.3 is 19.8 Å². The summed E-state index contributed by atoms with van der Waals surface area (Å²) in [6.07, 6.45) is 43.7. The third kappa shape index (κ3) is 34.9. The van der Waals surface area contributed by atoms with Crippen molar-refractivity contribution in [3.05, 3.63) is 85.1 Å². The second kappa shape index (κ2) is 35.1. The fraction of sp³-hybridized carbons (Fsp3) is 0.600. The zero-order valence-electron chi connectivity index (χ0n) is 30.6. The molecule has 0 aliphatic heterocycles. The molecule has 0 aromatic rings. The van der Waals surface area contributed by atoms with E-state index in [-0.39, 0.29) is 26.1 Å². The van der Waals surface area contributed by atoms with E-state index in [0.717, 1.165) is 77.0 Å². The predicted molar refractivity (Wildman–Crippen MR) is 202 cm³/mol. The van der Waals surface area contributed by atoms with E-state index in [4.69, 9.17) is 18.5 Å². The largest absolute Gasteiger partial charge is 0.472 e. The van der Waals surface area contributed by atoms with Gasteiger partial charge in [-0.15, -0.1) is 0 Å². The topological polar surface area (TPSA) is 108 Å². The molecule has 278 valence electrons. The third-order valence-corrected chi connectivity index (χ3v) is 7.99. The lowest BCUT2D eigenvalue weighted by Gasteiger charge is -2.19. The van der Waals surface area contributed by atoms with Crippen LogP contribution in [-0.4, -0.2) is 42.8 Å². The van der Waals surface area contributed by atoms with Crippen molar-refractivity contribution in [1.29, 1.82) is 0 Å². The van der Waals surface area contributed by atoms with Gasteiger partial charge in [0, 0.05) is 12.8 Å². The molecule has 0 amide bonds. The van der Waals surface area contributed by atoms with Crippen molar-refractivity contribution in [1.82, 2.24) is 0 Å². The Morgan fingerprint density at radius 3 is 1.65 bits per heavy atom. The Morgan fingerprint density at radius 2 is 1.08 bits per heavy atom. The molecule has 0 spiro atoms. The van der Waals surface area contributed by atoms with Gasteiger partial charge in [0.15, 0.2) is 6.10 Å². The number of unbranched alkanes of at least 4 members (excludes halogenated alkanes) is 6. The van der Waals surface area contributed by atoms with Crippen LogP contribution in [0.4, 0.5) is 0 Å². The van der Waals surface area contributed by atoms with Crippen molar-refractivity contribution in [2.75, 3.05) is 19.8 Å². The van der Waals surface area contributed by atoms with E-state index in [1.54, 1.807) is 6.92 Å². The van der Waals surface area contributed by atoms with Gasteiger partial charge in [0.05, 0.1) is 13.2 Å². The Hall–Kier alpha value is -2.77. The molecule has 2 atom stereocenters. The summed E-state index contributed by atoms with van der Waals surface area (Å²) in [5.74, 6) is -0.920. The molecule has 9 heteroatoms. The summed E-state index contributed by atoms with van der Waals surface area (Å²) >= 11 is 0. The molecule has 0 radical (unpaired) electrons. The first-order valence-corrected chi connectivity index (χ1v) is 19.9. The average Bonchev–Trinajstić information content (AvgIpc) is 3.07. The molecule has 0 aliphatic rings. The number of ether oxygens (including phenoxy) is 2. The Kier molecular flexibility index (Phi) is 33.1. The summed E-state index contributed by atoms with van der Waals surface area (Å²) in [7, 11) is -4.30. The number of rotatable bonds is 32. The first-order valence-electron chi connectivity index (χ1n) is 18.4. The quantitative estimate of drug-likeness (QED) is 0.0319. The van der Waals surface area contributed by atoms with Crippen molar-refractivity contribution in [3.63, 3.8) is 0 Å². The highest BCUT2D eigenvalue weighted by Crippen LogP contribution is 2.43. The van der Waals surface area contributed by atoms with Gasteiger partial charge < -0.3 is 14.4 Å². The van der Waals surface area contributed by atoms with Crippen LogP contribution in [0.5, 0.6) is 0 Å². The number of esters is 2. The maximum atomic E-state index is 12.5. The highest BCUT2D eigenvalue weighted by Gasteiger charge is 2.25. The van der Waals surface area contributed by atoms with E-state index >= 15 is 0 Å². The maximum absolute atomic E-state index is 12.5. The number of carbonyl (C=O) groups is 2. The monoisotopic (exact) mass is 704 g/mol. The van der Waals surface area contributed by atoms with Crippen LogP contribution in [0, 0.1) is 0 Å². The zero-order valence-corrected chi connectivity index (χ0v) is 31.4. The SMILES string of the molecule is CC/C=C\C/C=C\C/C=C\C/C=C\C/C=C\C/C=C\CCC(=O)OC(COC(=O)CCCCCCC/C=C\CCC)COP(=O)(O)OCC. The van der Waals surface area contributed by atoms with Gasteiger partial charge in [0.2, 0.25) is 0 Å². The number of phosphoric acid groups is 1. The van der Waals surface area contributed by atoms with E-state index < -0.39 is 32.5 Å². The number of hydrogen-bond acceptors (Lipinski definition) is 7. The van der Waals surface area contributed by atoms with Crippen LogP contribution in [0.15, 0.2) is 85.1 Å². The van der Waals surface area contributed by atoms with Crippen molar-refractivity contribution in [2.45, 2.75) is 136 Å². The van der Waals surface area contributed by atoms with E-state index in [9.17, 15) is 19.0 Å². The van der Waals surface area contributed by atoms with E-state index in [2.05, 4.69) is 86.8 Å². The molecule has 1 N–H and O–H groups in total. The van der Waals surface area contributed by atoms with Crippen LogP contribution in [0.3, 0.4) is 0 Å². The van der Waals surface area contributed by atoms with Crippen molar-refractivity contribution >= 4 is 19.8 Å². The van der Waals surface area contributed by atoms with Gasteiger partial charge in [-0.2, -0.15) is 0 Å². The number of carbonyl (C=O) groups excluding carboxylic acids is 2. The molecule has 0 bridgehead atoms. The molecular weight excluding hydrogens is 639 g/mol. The van der Waals surface area contributed by atoms with Gasteiger partial charge in [0.1, 0.15) is 6.61 Å². The van der Waals surface area contributed by atoms with Crippen LogP contribution in [0.2, 0.25) is 0 Å². The smallest absolute Gasteiger partial charge is 0.462 e. The normalized spacial score (nSPS) is 14.4. The summed E-state index contributed by atoms with van der Waals surface area (Å²) in [4.78, 5) is 34.5. The van der Waals surface area contributed by atoms with Crippen molar-refractivity contribution in [2.24, 2.45) is 0 Å². The first-order chi connectivity index (χ1) is 23.8. The lowest BCUT2D eigenvalue weighted by molar-refractivity contribution is -0.161.